The van der Waals surface area contributed by atoms with E-state index >= 15 is 0 Å². The Balaban J connectivity index is 0.000000253. The van der Waals surface area contributed by atoms with Crippen molar-refractivity contribution in [3.05, 3.63) is 147 Å². The Labute approximate surface area is 259 Å². The summed E-state index contributed by atoms with van der Waals surface area (Å²) >= 11 is 1.36. The molecule has 2 radical (unpaired) electrons. The van der Waals surface area contributed by atoms with Gasteiger partial charge in [-0.2, -0.15) is 12.1 Å². The van der Waals surface area contributed by atoms with E-state index in [1.807, 2.05) is 0 Å². The second-order valence-electron chi connectivity index (χ2n) is 9.93. The zero-order valence-corrected chi connectivity index (χ0v) is 28.2. The molecule has 0 nitrogen and oxygen atoms in total. The fraction of sp³-hybridized carbons (Fsp3) is 0.158. The van der Waals surface area contributed by atoms with Gasteiger partial charge >= 0.3 is 30.2 Å². The third-order valence-corrected chi connectivity index (χ3v) is 7.37. The van der Waals surface area contributed by atoms with E-state index in [4.69, 9.17) is 0 Å². The van der Waals surface area contributed by atoms with Crippen molar-refractivity contribution in [3.8, 4) is 22.3 Å². The van der Waals surface area contributed by atoms with Crippen LogP contribution in [-0.4, -0.2) is 6.88 Å². The molecule has 6 rings (SSSR count). The maximum absolute atomic E-state index is 3.06. The Hall–Kier alpha value is -2.80. The third-order valence-electron chi connectivity index (χ3n) is 7.37. The van der Waals surface area contributed by atoms with Crippen LogP contribution in [0.2, 0.25) is 0 Å². The van der Waals surface area contributed by atoms with Crippen molar-refractivity contribution in [1.82, 2.24) is 0 Å². The molecule has 0 heterocycles. The Morgan fingerprint density at radius 3 is 1.82 bits per heavy atom. The molecule has 1 atom stereocenters. The summed E-state index contributed by atoms with van der Waals surface area (Å²) in [6.07, 6.45) is 1.19. The van der Waals surface area contributed by atoms with Crippen LogP contribution in [-0.2, 0) is 23.3 Å². The molecular weight excluding hydrogens is 576 g/mol. The molecule has 204 valence electrons. The van der Waals surface area contributed by atoms with E-state index in [1.54, 1.807) is 0 Å². The number of rotatable bonds is 4. The SMILES string of the molecule is CCC(C)c1cc2c(-c3ccccc3)cccc2[cH-]1.Cc1cc2c(-c3ccccc3)ccc(C)c2[cH-]1.[CH3-].[CH3-].[Si]=[Zr]. The molecule has 2 heteroatoms. The van der Waals surface area contributed by atoms with Crippen molar-refractivity contribution in [2.75, 3.05) is 0 Å². The predicted molar refractivity (Wildman–Crippen MR) is 177 cm³/mol. The van der Waals surface area contributed by atoms with Crippen molar-refractivity contribution < 1.29 is 23.3 Å². The molecule has 0 bridgehead atoms. The van der Waals surface area contributed by atoms with Gasteiger partial charge in [0.1, 0.15) is 0 Å². The molecule has 0 saturated heterocycles. The minimum absolute atomic E-state index is 0. The minimum atomic E-state index is 0. The number of hydrogen-bond acceptors (Lipinski definition) is 0. The Bertz CT molecular complexity index is 1610. The summed E-state index contributed by atoms with van der Waals surface area (Å²) < 4.78 is 0. The summed E-state index contributed by atoms with van der Waals surface area (Å²) in [5.74, 6) is 0.635. The van der Waals surface area contributed by atoms with Crippen molar-refractivity contribution in [2.24, 2.45) is 0 Å². The predicted octanol–water partition coefficient (Wildman–Crippen LogP) is 11.1. The first-order valence-corrected chi connectivity index (χ1v) is 17.5. The van der Waals surface area contributed by atoms with Gasteiger partial charge < -0.3 is 14.9 Å². The average molecular weight is 616 g/mol. The summed E-state index contributed by atoms with van der Waals surface area (Å²) in [5.41, 5.74) is 9.42. The van der Waals surface area contributed by atoms with Gasteiger partial charge in [-0.15, -0.1) is 68.6 Å². The van der Waals surface area contributed by atoms with Crippen LogP contribution in [0, 0.1) is 28.7 Å². The van der Waals surface area contributed by atoms with Crippen LogP contribution in [0.15, 0.2) is 115 Å². The van der Waals surface area contributed by atoms with Gasteiger partial charge in [-0.3, -0.25) is 0 Å². The first kappa shape index (κ1) is 33.4. The van der Waals surface area contributed by atoms with Crippen LogP contribution < -0.4 is 0 Å². The first-order chi connectivity index (χ1) is 18.5. The number of benzene rings is 4. The van der Waals surface area contributed by atoms with Crippen LogP contribution in [0.4, 0.5) is 0 Å². The summed E-state index contributed by atoms with van der Waals surface area (Å²) in [6.45, 7) is 12.0. The molecule has 0 aliphatic carbocycles. The molecule has 0 aromatic heterocycles. The average Bonchev–Trinajstić information content (AvgIpc) is 3.59. The second kappa shape index (κ2) is 15.8. The number of fused-ring (bicyclic) bond motifs is 2. The van der Waals surface area contributed by atoms with E-state index in [-0.39, 0.29) is 14.9 Å². The topological polar surface area (TPSA) is 0 Å². The van der Waals surface area contributed by atoms with Gasteiger partial charge in [0.2, 0.25) is 0 Å². The molecular formula is C38H40SiZr-4. The molecule has 0 amide bonds. The normalized spacial score (nSPS) is 10.8. The molecule has 1 unspecified atom stereocenters. The van der Waals surface area contributed by atoms with Crippen LogP contribution in [0.3, 0.4) is 0 Å². The molecule has 0 aliphatic rings. The fourth-order valence-corrected chi connectivity index (χ4v) is 5.11. The zero-order chi connectivity index (χ0) is 27.1. The van der Waals surface area contributed by atoms with Gasteiger partial charge in [-0.1, -0.05) is 118 Å². The van der Waals surface area contributed by atoms with Gasteiger partial charge in [0.15, 0.2) is 0 Å². The number of hydrogen-bond donors (Lipinski definition) is 0. The van der Waals surface area contributed by atoms with E-state index < -0.39 is 0 Å². The maximum atomic E-state index is 3.06. The third kappa shape index (κ3) is 7.48. The molecule has 40 heavy (non-hydrogen) atoms. The first-order valence-electron chi connectivity index (χ1n) is 13.3. The monoisotopic (exact) mass is 614 g/mol. The molecule has 6 aromatic carbocycles. The van der Waals surface area contributed by atoms with Gasteiger partial charge in [-0.05, 0) is 17.0 Å². The molecule has 6 aromatic rings. The standard InChI is InChI=1S/C19H19.C17H15.2CH3.Si.Zr/c1-3-14(2)17-12-16-10-7-11-18(19(16)13-17)15-8-5-4-6-9-15;1-12-10-16-13(2)8-9-15(17(16)11-12)14-6-4-3-5-7-14;;;;/h4-14H,3H2,1-2H3;3-11H,1-2H3;2*1H3;;/q4*-1;;. The van der Waals surface area contributed by atoms with E-state index in [1.165, 1.54) is 90.2 Å². The quantitative estimate of drug-likeness (QED) is 0.137. The van der Waals surface area contributed by atoms with Gasteiger partial charge in [0, 0.05) is 0 Å². The Kier molecular flexibility index (Phi) is 13.2. The fourth-order valence-electron chi connectivity index (χ4n) is 5.11. The zero-order valence-electron chi connectivity index (χ0n) is 24.8. The molecule has 0 saturated carbocycles. The van der Waals surface area contributed by atoms with E-state index in [9.17, 15) is 0 Å². The van der Waals surface area contributed by atoms with Crippen molar-refractivity contribution in [3.63, 3.8) is 0 Å². The van der Waals surface area contributed by atoms with Crippen LogP contribution in [0.1, 0.15) is 42.9 Å². The van der Waals surface area contributed by atoms with Crippen LogP contribution in [0.25, 0.3) is 43.8 Å². The Morgan fingerprint density at radius 2 is 1.25 bits per heavy atom. The molecule has 0 N–H and O–H groups in total. The van der Waals surface area contributed by atoms with Gasteiger partial charge in [0.25, 0.3) is 0 Å². The van der Waals surface area contributed by atoms with Crippen LogP contribution in [0.5, 0.6) is 0 Å². The molecule has 0 aliphatic heterocycles. The van der Waals surface area contributed by atoms with E-state index in [0.29, 0.717) is 5.92 Å². The second-order valence-corrected chi connectivity index (χ2v) is 9.93. The van der Waals surface area contributed by atoms with Crippen LogP contribution >= 0.6 is 0 Å². The van der Waals surface area contributed by atoms with Gasteiger partial charge in [0.05, 0.1) is 0 Å². The summed E-state index contributed by atoms with van der Waals surface area (Å²) in [5, 5.41) is 5.48. The Morgan fingerprint density at radius 1 is 0.675 bits per heavy atom. The summed E-state index contributed by atoms with van der Waals surface area (Å²) in [4.78, 5) is 0. The van der Waals surface area contributed by atoms with E-state index in [0.717, 1.165) is 0 Å². The van der Waals surface area contributed by atoms with Gasteiger partial charge in [-0.25, -0.2) is 0 Å². The summed E-state index contributed by atoms with van der Waals surface area (Å²) in [6, 6.07) is 41.5. The number of aryl methyl sites for hydroxylation is 2. The summed E-state index contributed by atoms with van der Waals surface area (Å²) in [7, 11) is 0. The van der Waals surface area contributed by atoms with Crippen molar-refractivity contribution >= 4 is 28.4 Å². The molecule has 0 spiro atoms. The van der Waals surface area contributed by atoms with Crippen molar-refractivity contribution in [1.29, 1.82) is 0 Å². The van der Waals surface area contributed by atoms with Crippen molar-refractivity contribution in [2.45, 2.75) is 40.0 Å². The molecule has 0 fully saturated rings. The van der Waals surface area contributed by atoms with E-state index in [2.05, 4.69) is 150 Å².